The fraction of sp³-hybridized carbons (Fsp3) is 0.111. The molecular weight excluding hydrogens is 248 g/mol. The van der Waals surface area contributed by atoms with E-state index in [9.17, 15) is 9.00 Å². The van der Waals surface area contributed by atoms with E-state index in [1.54, 1.807) is 30.3 Å². The Morgan fingerprint density at radius 1 is 1.35 bits per heavy atom. The van der Waals surface area contributed by atoms with Crippen molar-refractivity contribution >= 4 is 11.3 Å². The molecule has 0 bridgehead atoms. The highest BCUT2D eigenvalue weighted by Gasteiger charge is 2.18. The third-order valence-electron chi connectivity index (χ3n) is 1.79. The van der Waals surface area contributed by atoms with Crippen molar-refractivity contribution in [3.63, 3.8) is 0 Å². The quantitative estimate of drug-likeness (QED) is 0.800. The Kier molecular flexibility index (Phi) is 3.35. The summed E-state index contributed by atoms with van der Waals surface area (Å²) in [6.07, 6.45) is 0. The smallest absolute Gasteiger partial charge is 0.423 e. The van der Waals surface area contributed by atoms with Gasteiger partial charge < -0.3 is 4.74 Å². The molecule has 1 atom stereocenters. The van der Waals surface area contributed by atoms with E-state index < -0.39 is 17.0 Å². The van der Waals surface area contributed by atoms with Crippen LogP contribution in [0.3, 0.4) is 0 Å². The van der Waals surface area contributed by atoms with Crippen molar-refractivity contribution < 1.29 is 17.7 Å². The lowest BCUT2D eigenvalue weighted by Crippen LogP contribution is -2.19. The molecule has 2 aromatic rings. The molecule has 0 amide bonds. The summed E-state index contributed by atoms with van der Waals surface area (Å²) in [5.74, 6) is -0.487. The molecule has 7 nitrogen and oxygen atoms in total. The first-order chi connectivity index (χ1) is 8.22. The van der Waals surface area contributed by atoms with Gasteiger partial charge in [0.2, 0.25) is 0 Å². The van der Waals surface area contributed by atoms with Gasteiger partial charge in [0.05, 0.1) is 7.11 Å². The summed E-state index contributed by atoms with van der Waals surface area (Å²) < 4.78 is 26.1. The summed E-state index contributed by atoms with van der Waals surface area (Å²) in [4.78, 5) is 11.2. The van der Waals surface area contributed by atoms with Crippen LogP contribution in [0.2, 0.25) is 0 Å². The molecule has 8 heteroatoms. The van der Waals surface area contributed by atoms with E-state index in [2.05, 4.69) is 13.9 Å². The second-order valence-corrected chi connectivity index (χ2v) is 3.96. The Balaban J connectivity index is 2.34. The van der Waals surface area contributed by atoms with Crippen molar-refractivity contribution in [3.8, 4) is 11.8 Å². The zero-order chi connectivity index (χ0) is 12.3. The third-order valence-corrected chi connectivity index (χ3v) is 2.67. The lowest BCUT2D eigenvalue weighted by molar-refractivity contribution is 0.351. The van der Waals surface area contributed by atoms with Crippen molar-refractivity contribution in [2.45, 2.75) is 0 Å². The molecule has 1 unspecified atom stereocenters. The average molecular weight is 256 g/mol. The number of nitrogens with zero attached hydrogens (tertiary/aromatic N) is 2. The highest BCUT2D eigenvalue weighted by Crippen LogP contribution is 2.17. The van der Waals surface area contributed by atoms with Crippen molar-refractivity contribution in [1.82, 2.24) is 9.13 Å². The Hall–Kier alpha value is -1.93. The minimum absolute atomic E-state index is 0.235. The normalized spacial score (nSPS) is 12.3. The number of para-hydroxylation sites is 1. The molecule has 2 rings (SSSR count). The topological polar surface area (TPSA) is 83.6 Å². The van der Waals surface area contributed by atoms with Gasteiger partial charge in [-0.05, 0) is 17.3 Å². The van der Waals surface area contributed by atoms with Gasteiger partial charge in [0, 0.05) is 0 Å². The van der Waals surface area contributed by atoms with E-state index in [0.717, 1.165) is 0 Å². The van der Waals surface area contributed by atoms with Gasteiger partial charge in [-0.25, -0.2) is 9.00 Å². The van der Waals surface area contributed by atoms with Gasteiger partial charge in [-0.1, -0.05) is 18.2 Å². The lowest BCUT2D eigenvalue weighted by atomic mass is 10.3. The zero-order valence-corrected chi connectivity index (χ0v) is 9.55. The standard InChI is InChI=1S/C9H8N2O5S/c1-14-17(13)11-8(10-16-9(11)12)15-7-5-3-2-4-6-7/h2-6H,1H3. The predicted molar refractivity (Wildman–Crippen MR) is 57.8 cm³/mol. The molecular formula is C9H8N2O5S. The van der Waals surface area contributed by atoms with Crippen LogP contribution in [0.4, 0.5) is 0 Å². The van der Waals surface area contributed by atoms with Crippen LogP contribution < -0.4 is 10.5 Å². The molecule has 0 aliphatic carbocycles. The largest absolute Gasteiger partial charge is 0.458 e. The summed E-state index contributed by atoms with van der Waals surface area (Å²) in [5, 5.41) is 3.36. The number of aromatic nitrogens is 2. The van der Waals surface area contributed by atoms with Crippen molar-refractivity contribution in [2.24, 2.45) is 0 Å². The number of benzene rings is 1. The molecule has 0 aliphatic rings. The van der Waals surface area contributed by atoms with Crippen LogP contribution in [0.1, 0.15) is 0 Å². The predicted octanol–water partition coefficient (Wildman–Crippen LogP) is 0.702. The molecule has 17 heavy (non-hydrogen) atoms. The van der Waals surface area contributed by atoms with Gasteiger partial charge in [-0.2, -0.15) is 0 Å². The van der Waals surface area contributed by atoms with Gasteiger partial charge >= 0.3 is 11.8 Å². The van der Waals surface area contributed by atoms with Crippen molar-refractivity contribution in [3.05, 3.63) is 40.9 Å². The highest BCUT2D eigenvalue weighted by atomic mass is 32.2. The van der Waals surface area contributed by atoms with Crippen LogP contribution in [-0.4, -0.2) is 20.4 Å². The van der Waals surface area contributed by atoms with Crippen LogP contribution in [0.15, 0.2) is 39.6 Å². The molecule has 0 saturated heterocycles. The monoisotopic (exact) mass is 256 g/mol. The van der Waals surface area contributed by atoms with Crippen LogP contribution >= 0.6 is 0 Å². The first kappa shape index (κ1) is 11.6. The van der Waals surface area contributed by atoms with Crippen LogP contribution in [-0.2, 0) is 15.4 Å². The molecule has 0 spiro atoms. The number of hydrogen-bond donors (Lipinski definition) is 0. The average Bonchev–Trinajstić information content (AvgIpc) is 2.71. The second-order valence-electron chi connectivity index (χ2n) is 2.82. The van der Waals surface area contributed by atoms with Crippen molar-refractivity contribution in [2.75, 3.05) is 7.11 Å². The summed E-state index contributed by atoms with van der Waals surface area (Å²) in [6.45, 7) is 0. The molecule has 1 aromatic heterocycles. The number of hydrogen-bond acceptors (Lipinski definition) is 6. The second kappa shape index (κ2) is 4.93. The fourth-order valence-corrected chi connectivity index (χ4v) is 1.59. The summed E-state index contributed by atoms with van der Waals surface area (Å²) in [5.41, 5.74) is 0. The third kappa shape index (κ3) is 2.43. The lowest BCUT2D eigenvalue weighted by Gasteiger charge is -2.03. The van der Waals surface area contributed by atoms with Gasteiger partial charge in [0.15, 0.2) is 0 Å². The minimum atomic E-state index is -2.03. The molecule has 1 heterocycles. The van der Waals surface area contributed by atoms with Crippen LogP contribution in [0.5, 0.6) is 11.8 Å². The van der Waals surface area contributed by atoms with Crippen LogP contribution in [0, 0.1) is 0 Å². The Labute approximate surface area is 98.4 Å². The Morgan fingerprint density at radius 3 is 2.71 bits per heavy atom. The fourth-order valence-electron chi connectivity index (χ4n) is 1.08. The molecule has 1 aromatic carbocycles. The molecule has 90 valence electrons. The molecule has 0 N–H and O–H groups in total. The van der Waals surface area contributed by atoms with E-state index >= 15 is 0 Å². The highest BCUT2D eigenvalue weighted by molar-refractivity contribution is 7.78. The Bertz CT molecular complexity index is 577. The van der Waals surface area contributed by atoms with Gasteiger partial charge in [0.1, 0.15) is 5.75 Å². The number of ether oxygens (including phenoxy) is 1. The maximum absolute atomic E-state index is 11.4. The summed E-state index contributed by atoms with van der Waals surface area (Å²) in [6, 6.07) is 8.35. The first-order valence-electron chi connectivity index (χ1n) is 4.50. The van der Waals surface area contributed by atoms with E-state index in [1.807, 2.05) is 0 Å². The molecule has 0 fully saturated rings. The van der Waals surface area contributed by atoms with E-state index in [4.69, 9.17) is 4.74 Å². The van der Waals surface area contributed by atoms with Gasteiger partial charge in [0.25, 0.3) is 11.3 Å². The SMILES string of the molecule is COS(=O)n1c(Oc2ccccc2)noc1=O. The first-order valence-corrected chi connectivity index (χ1v) is 5.54. The van der Waals surface area contributed by atoms with E-state index in [-0.39, 0.29) is 6.01 Å². The van der Waals surface area contributed by atoms with E-state index in [1.165, 1.54) is 7.11 Å². The Morgan fingerprint density at radius 2 is 2.06 bits per heavy atom. The maximum atomic E-state index is 11.4. The van der Waals surface area contributed by atoms with Crippen LogP contribution in [0.25, 0.3) is 0 Å². The molecule has 0 radical (unpaired) electrons. The molecule has 0 aliphatic heterocycles. The zero-order valence-electron chi connectivity index (χ0n) is 8.73. The van der Waals surface area contributed by atoms with Gasteiger partial charge in [-0.3, -0.25) is 8.71 Å². The summed E-state index contributed by atoms with van der Waals surface area (Å²) >= 11 is -2.03. The molecule has 0 saturated carbocycles. The van der Waals surface area contributed by atoms with E-state index in [0.29, 0.717) is 9.72 Å². The minimum Gasteiger partial charge on any atom is -0.423 e. The summed E-state index contributed by atoms with van der Waals surface area (Å²) in [7, 11) is 1.18. The number of rotatable bonds is 4. The maximum Gasteiger partial charge on any atom is 0.458 e. The van der Waals surface area contributed by atoms with Crippen molar-refractivity contribution in [1.29, 1.82) is 0 Å². The van der Waals surface area contributed by atoms with Gasteiger partial charge in [-0.15, -0.1) is 3.97 Å².